The number of carboxylic acid groups (broad SMARTS) is 1. The van der Waals surface area contributed by atoms with Gasteiger partial charge in [-0.2, -0.15) is 13.2 Å². The van der Waals surface area contributed by atoms with Crippen molar-refractivity contribution in [2.75, 3.05) is 7.11 Å². The van der Waals surface area contributed by atoms with E-state index in [1.807, 2.05) is 0 Å². The molecule has 6 heteroatoms. The maximum atomic E-state index is 12.5. The molecule has 0 unspecified atom stereocenters. The largest absolute Gasteiger partial charge is 0.496 e. The van der Waals surface area contributed by atoms with Gasteiger partial charge in [-0.3, -0.25) is 0 Å². The fraction of sp³-hybridized carbons (Fsp3) is 0.118. The first-order valence-corrected chi connectivity index (χ1v) is 6.58. The van der Waals surface area contributed by atoms with Crippen molar-refractivity contribution in [3.63, 3.8) is 0 Å². The Labute approximate surface area is 130 Å². The van der Waals surface area contributed by atoms with Gasteiger partial charge >= 0.3 is 12.1 Å². The summed E-state index contributed by atoms with van der Waals surface area (Å²) in [5.74, 6) is -0.602. The monoisotopic (exact) mass is 322 g/mol. The Morgan fingerprint density at radius 1 is 1.09 bits per heavy atom. The fourth-order valence-electron chi connectivity index (χ4n) is 1.97. The Balaban J connectivity index is 2.29. The Bertz CT molecular complexity index is 732. The topological polar surface area (TPSA) is 46.5 Å². The highest BCUT2D eigenvalue weighted by molar-refractivity contribution is 5.89. The zero-order valence-corrected chi connectivity index (χ0v) is 12.1. The van der Waals surface area contributed by atoms with E-state index in [1.165, 1.54) is 37.4 Å². The highest BCUT2D eigenvalue weighted by atomic mass is 19.4. The number of carboxylic acids is 1. The molecule has 120 valence electrons. The van der Waals surface area contributed by atoms with Gasteiger partial charge in [0.25, 0.3) is 0 Å². The molecule has 0 bridgehead atoms. The van der Waals surface area contributed by atoms with Gasteiger partial charge in [0.2, 0.25) is 0 Å². The van der Waals surface area contributed by atoms with Gasteiger partial charge in [-0.15, -0.1) is 0 Å². The second-order valence-electron chi connectivity index (χ2n) is 4.71. The summed E-state index contributed by atoms with van der Waals surface area (Å²) in [5, 5.41) is 8.99. The second kappa shape index (κ2) is 6.56. The third-order valence-corrected chi connectivity index (χ3v) is 3.17. The molecule has 0 radical (unpaired) electrons. The fourth-order valence-corrected chi connectivity index (χ4v) is 1.97. The summed E-state index contributed by atoms with van der Waals surface area (Å²) in [6.07, 6.45) is -1.20. The first-order chi connectivity index (χ1) is 10.8. The van der Waals surface area contributed by atoms with Crippen LogP contribution in [0, 0.1) is 0 Å². The minimum absolute atomic E-state index is 0.0952. The second-order valence-corrected chi connectivity index (χ2v) is 4.71. The van der Waals surface area contributed by atoms with E-state index < -0.39 is 17.7 Å². The van der Waals surface area contributed by atoms with Crippen molar-refractivity contribution in [1.29, 1.82) is 0 Å². The Hall–Kier alpha value is -2.76. The standard InChI is InChI=1S/C17H13F3O3/c1-23-15-9-6-13(16(21)22)10-12(15)5-2-11-3-7-14(8-4-11)17(18,19)20/h2-10H,1H3,(H,21,22)/b5-2+. The molecule has 0 saturated heterocycles. The van der Waals surface area contributed by atoms with Crippen molar-refractivity contribution in [2.45, 2.75) is 6.18 Å². The zero-order valence-electron chi connectivity index (χ0n) is 12.1. The van der Waals surface area contributed by atoms with Crippen LogP contribution >= 0.6 is 0 Å². The van der Waals surface area contributed by atoms with Gasteiger partial charge in [0.05, 0.1) is 18.2 Å². The molecule has 2 aromatic carbocycles. The predicted molar refractivity (Wildman–Crippen MR) is 80.3 cm³/mol. The number of alkyl halides is 3. The average Bonchev–Trinajstić information content (AvgIpc) is 2.52. The summed E-state index contributed by atoms with van der Waals surface area (Å²) in [4.78, 5) is 11.0. The minimum Gasteiger partial charge on any atom is -0.496 e. The summed E-state index contributed by atoms with van der Waals surface area (Å²) >= 11 is 0. The van der Waals surface area contributed by atoms with E-state index >= 15 is 0 Å². The normalized spacial score (nSPS) is 11.7. The summed E-state index contributed by atoms with van der Waals surface area (Å²) in [6.45, 7) is 0. The van der Waals surface area contributed by atoms with Gasteiger partial charge in [0, 0.05) is 5.56 Å². The molecule has 23 heavy (non-hydrogen) atoms. The SMILES string of the molecule is COc1ccc(C(=O)O)cc1/C=C/c1ccc(C(F)(F)F)cc1. The summed E-state index contributed by atoms with van der Waals surface area (Å²) in [6, 6.07) is 9.03. The predicted octanol–water partition coefficient (Wildman–Crippen LogP) is 4.58. The van der Waals surface area contributed by atoms with Crippen LogP contribution < -0.4 is 4.74 Å². The van der Waals surface area contributed by atoms with Crippen LogP contribution in [0.2, 0.25) is 0 Å². The maximum Gasteiger partial charge on any atom is 0.416 e. The number of methoxy groups -OCH3 is 1. The molecule has 0 atom stereocenters. The Morgan fingerprint density at radius 3 is 2.26 bits per heavy atom. The van der Waals surface area contributed by atoms with E-state index in [2.05, 4.69) is 0 Å². The van der Waals surface area contributed by atoms with Crippen LogP contribution in [0.25, 0.3) is 12.2 Å². The van der Waals surface area contributed by atoms with Crippen molar-refractivity contribution >= 4 is 18.1 Å². The maximum absolute atomic E-state index is 12.5. The molecule has 1 N–H and O–H groups in total. The highest BCUT2D eigenvalue weighted by Gasteiger charge is 2.29. The van der Waals surface area contributed by atoms with Crippen LogP contribution in [0.1, 0.15) is 27.0 Å². The van der Waals surface area contributed by atoms with Crippen molar-refractivity contribution in [3.8, 4) is 5.75 Å². The first-order valence-electron chi connectivity index (χ1n) is 6.58. The first kappa shape index (κ1) is 16.6. The van der Waals surface area contributed by atoms with Crippen molar-refractivity contribution in [1.82, 2.24) is 0 Å². The van der Waals surface area contributed by atoms with Crippen LogP contribution in [0.3, 0.4) is 0 Å². The molecule has 0 aromatic heterocycles. The van der Waals surface area contributed by atoms with Gasteiger partial charge in [0.15, 0.2) is 0 Å². The van der Waals surface area contributed by atoms with Gasteiger partial charge in [-0.05, 0) is 35.9 Å². The lowest BCUT2D eigenvalue weighted by molar-refractivity contribution is -0.137. The van der Waals surface area contributed by atoms with Gasteiger partial charge in [-0.1, -0.05) is 24.3 Å². The van der Waals surface area contributed by atoms with Crippen molar-refractivity contribution in [2.24, 2.45) is 0 Å². The zero-order chi connectivity index (χ0) is 17.0. The minimum atomic E-state index is -4.37. The Morgan fingerprint density at radius 2 is 1.74 bits per heavy atom. The molecule has 0 aliphatic rings. The molecule has 0 aliphatic heterocycles. The molecule has 0 aliphatic carbocycles. The van der Waals surface area contributed by atoms with Crippen LogP contribution in [0.15, 0.2) is 42.5 Å². The molecule has 3 nitrogen and oxygen atoms in total. The van der Waals surface area contributed by atoms with Crippen LogP contribution in [0.4, 0.5) is 13.2 Å². The van der Waals surface area contributed by atoms with E-state index in [1.54, 1.807) is 12.2 Å². The third kappa shape index (κ3) is 4.12. The quantitative estimate of drug-likeness (QED) is 0.838. The summed E-state index contributed by atoms with van der Waals surface area (Å²) < 4.78 is 42.6. The lowest BCUT2D eigenvalue weighted by Crippen LogP contribution is -2.03. The molecule has 0 heterocycles. The molecular formula is C17H13F3O3. The highest BCUT2D eigenvalue weighted by Crippen LogP contribution is 2.29. The Kier molecular flexibility index (Phi) is 4.74. The van der Waals surface area contributed by atoms with Gasteiger partial charge < -0.3 is 9.84 Å². The van der Waals surface area contributed by atoms with Crippen LogP contribution in [-0.4, -0.2) is 18.2 Å². The molecule has 2 rings (SSSR count). The molecule has 0 fully saturated rings. The van der Waals surface area contributed by atoms with Crippen LogP contribution in [-0.2, 0) is 6.18 Å². The number of rotatable bonds is 4. The lowest BCUT2D eigenvalue weighted by Gasteiger charge is -2.07. The summed E-state index contributed by atoms with van der Waals surface area (Å²) in [5.41, 5.74) is 0.450. The van der Waals surface area contributed by atoms with E-state index in [0.717, 1.165) is 12.1 Å². The summed E-state index contributed by atoms with van der Waals surface area (Å²) in [7, 11) is 1.45. The van der Waals surface area contributed by atoms with Crippen LogP contribution in [0.5, 0.6) is 5.75 Å². The van der Waals surface area contributed by atoms with Crippen molar-refractivity contribution in [3.05, 3.63) is 64.7 Å². The van der Waals surface area contributed by atoms with Gasteiger partial charge in [-0.25, -0.2) is 4.79 Å². The van der Waals surface area contributed by atoms with Crippen molar-refractivity contribution < 1.29 is 27.8 Å². The van der Waals surface area contributed by atoms with Gasteiger partial charge in [0.1, 0.15) is 5.75 Å². The molecule has 0 spiro atoms. The number of carbonyl (C=O) groups is 1. The number of aromatic carboxylic acids is 1. The third-order valence-electron chi connectivity index (χ3n) is 3.17. The average molecular weight is 322 g/mol. The number of halogens is 3. The van der Waals surface area contributed by atoms with E-state index in [9.17, 15) is 18.0 Å². The molecule has 0 saturated carbocycles. The number of hydrogen-bond acceptors (Lipinski definition) is 2. The van der Waals surface area contributed by atoms with E-state index in [0.29, 0.717) is 16.9 Å². The lowest BCUT2D eigenvalue weighted by atomic mass is 10.1. The number of hydrogen-bond donors (Lipinski definition) is 1. The molecule has 2 aromatic rings. The number of benzene rings is 2. The molecule has 0 amide bonds. The number of ether oxygens (including phenoxy) is 1. The smallest absolute Gasteiger partial charge is 0.416 e. The van der Waals surface area contributed by atoms with E-state index in [-0.39, 0.29) is 5.56 Å². The molecular weight excluding hydrogens is 309 g/mol. The van der Waals surface area contributed by atoms with E-state index in [4.69, 9.17) is 9.84 Å².